The van der Waals surface area contributed by atoms with Crippen LogP contribution >= 0.6 is 0 Å². The van der Waals surface area contributed by atoms with Crippen LogP contribution in [0.25, 0.3) is 6.08 Å². The molecule has 2 aromatic carbocycles. The Morgan fingerprint density at radius 3 is 2.29 bits per heavy atom. The minimum Gasteiger partial charge on any atom is -0.496 e. The molecule has 180 valence electrons. The molecule has 1 amide bonds. The molecule has 0 radical (unpaired) electrons. The van der Waals surface area contributed by atoms with Gasteiger partial charge in [-0.3, -0.25) is 9.69 Å². The van der Waals surface area contributed by atoms with Crippen LogP contribution < -0.4 is 20.9 Å². The number of methoxy groups -OCH3 is 1. The molecular formula is C25H31N5O4. The number of guanidine groups is 1. The molecule has 34 heavy (non-hydrogen) atoms. The van der Waals surface area contributed by atoms with Gasteiger partial charge in [-0.25, -0.2) is 9.79 Å². The van der Waals surface area contributed by atoms with Gasteiger partial charge in [0, 0.05) is 49.9 Å². The molecule has 0 aromatic heterocycles. The summed E-state index contributed by atoms with van der Waals surface area (Å²) in [6.07, 6.45) is 3.26. The van der Waals surface area contributed by atoms with Gasteiger partial charge in [-0.15, -0.1) is 0 Å². The number of hydrogen-bond acceptors (Lipinski definition) is 6. The van der Waals surface area contributed by atoms with Crippen LogP contribution in [0.2, 0.25) is 0 Å². The molecule has 2 aromatic rings. The fourth-order valence-electron chi connectivity index (χ4n) is 3.60. The van der Waals surface area contributed by atoms with Gasteiger partial charge in [0.1, 0.15) is 11.5 Å². The number of carbonyl (C=O) groups is 2. The first-order valence-electron chi connectivity index (χ1n) is 11.1. The first-order chi connectivity index (χ1) is 16.3. The zero-order valence-corrected chi connectivity index (χ0v) is 19.7. The number of carbonyl (C=O) groups excluding carboxylic acids is 2. The van der Waals surface area contributed by atoms with Crippen molar-refractivity contribution in [3.8, 4) is 11.5 Å². The molecule has 0 atom stereocenters. The molecule has 0 bridgehead atoms. The Balaban J connectivity index is 1.63. The lowest BCUT2D eigenvalue weighted by molar-refractivity contribution is -0.127. The lowest BCUT2D eigenvalue weighted by Gasteiger charge is -2.36. The number of aliphatic imine (C=N–C) groups is 1. The van der Waals surface area contributed by atoms with E-state index in [0.29, 0.717) is 47.4 Å². The number of nitrogens with two attached hydrogens (primary N) is 2. The average Bonchev–Trinajstić information content (AvgIpc) is 2.83. The summed E-state index contributed by atoms with van der Waals surface area (Å²) in [6, 6.07) is 11.9. The van der Waals surface area contributed by atoms with Crippen molar-refractivity contribution in [1.82, 2.24) is 9.80 Å². The van der Waals surface area contributed by atoms with Crippen molar-refractivity contribution in [2.45, 2.75) is 19.9 Å². The molecule has 1 fully saturated rings. The number of hydrogen-bond donors (Lipinski definition) is 2. The first kappa shape index (κ1) is 24.8. The van der Waals surface area contributed by atoms with Crippen LogP contribution in [0.1, 0.15) is 29.8 Å². The average molecular weight is 466 g/mol. The van der Waals surface area contributed by atoms with Gasteiger partial charge in [-0.1, -0.05) is 0 Å². The third kappa shape index (κ3) is 6.58. The molecule has 3 rings (SSSR count). The summed E-state index contributed by atoms with van der Waals surface area (Å²) in [5.74, 6) is 0.180. The second-order valence-corrected chi connectivity index (χ2v) is 8.17. The fourth-order valence-corrected chi connectivity index (χ4v) is 3.60. The molecule has 9 heteroatoms. The molecule has 4 N–H and O–H groups in total. The van der Waals surface area contributed by atoms with Gasteiger partial charge in [-0.2, -0.15) is 0 Å². The van der Waals surface area contributed by atoms with Gasteiger partial charge < -0.3 is 25.8 Å². The summed E-state index contributed by atoms with van der Waals surface area (Å²) in [4.78, 5) is 33.2. The Kier molecular flexibility index (Phi) is 8.26. The summed E-state index contributed by atoms with van der Waals surface area (Å²) < 4.78 is 10.9. The normalized spacial score (nSPS) is 14.3. The number of benzene rings is 2. The van der Waals surface area contributed by atoms with Crippen LogP contribution in [0.15, 0.2) is 53.5 Å². The van der Waals surface area contributed by atoms with Crippen LogP contribution in [0.3, 0.4) is 0 Å². The summed E-state index contributed by atoms with van der Waals surface area (Å²) in [5.41, 5.74) is 12.3. The van der Waals surface area contributed by atoms with Crippen LogP contribution in [-0.4, -0.2) is 67.0 Å². The van der Waals surface area contributed by atoms with E-state index in [1.54, 1.807) is 54.6 Å². The summed E-state index contributed by atoms with van der Waals surface area (Å²) in [6.45, 7) is 7.49. The number of esters is 1. The second kappa shape index (κ2) is 11.3. The van der Waals surface area contributed by atoms with Gasteiger partial charge in [-0.05, 0) is 56.3 Å². The van der Waals surface area contributed by atoms with E-state index in [1.807, 2.05) is 4.90 Å². The number of rotatable bonds is 7. The van der Waals surface area contributed by atoms with Gasteiger partial charge in [0.05, 0.1) is 18.4 Å². The standard InChI is InChI=1S/C25H31N5O4/c1-17(2)29-12-14-30(15-13-29)23(31)11-7-18-6-10-21(16-22(18)33-3)34-24(32)19-4-8-20(9-5-19)28-25(26)27/h4-11,16-17H,12-15H2,1-3H3,(H4,26,27,28). The maximum Gasteiger partial charge on any atom is 0.343 e. The van der Waals surface area contributed by atoms with Crippen molar-refractivity contribution >= 4 is 29.6 Å². The molecule has 0 unspecified atom stereocenters. The van der Waals surface area contributed by atoms with Crippen molar-refractivity contribution in [1.29, 1.82) is 0 Å². The zero-order valence-electron chi connectivity index (χ0n) is 19.7. The van der Waals surface area contributed by atoms with E-state index in [9.17, 15) is 9.59 Å². The molecule has 1 heterocycles. The molecule has 1 aliphatic heterocycles. The maximum atomic E-state index is 12.6. The third-order valence-electron chi connectivity index (χ3n) is 5.54. The molecular weight excluding hydrogens is 434 g/mol. The maximum absolute atomic E-state index is 12.6. The highest BCUT2D eigenvalue weighted by atomic mass is 16.5. The molecule has 1 saturated heterocycles. The van der Waals surface area contributed by atoms with Crippen molar-refractivity contribution in [3.05, 3.63) is 59.7 Å². The van der Waals surface area contributed by atoms with Crippen LogP contribution in [0, 0.1) is 0 Å². The number of piperazine rings is 1. The second-order valence-electron chi connectivity index (χ2n) is 8.17. The molecule has 0 aliphatic carbocycles. The third-order valence-corrected chi connectivity index (χ3v) is 5.54. The van der Waals surface area contributed by atoms with E-state index < -0.39 is 5.97 Å². The predicted molar refractivity (Wildman–Crippen MR) is 132 cm³/mol. The first-order valence-corrected chi connectivity index (χ1v) is 11.1. The van der Waals surface area contributed by atoms with Crippen LogP contribution in [-0.2, 0) is 4.79 Å². The summed E-state index contributed by atoms with van der Waals surface area (Å²) in [7, 11) is 1.52. The Labute approximate surface area is 199 Å². The van der Waals surface area contributed by atoms with E-state index in [4.69, 9.17) is 20.9 Å². The smallest absolute Gasteiger partial charge is 0.343 e. The Bertz CT molecular complexity index is 1070. The monoisotopic (exact) mass is 465 g/mol. The quantitative estimate of drug-likeness (QED) is 0.212. The van der Waals surface area contributed by atoms with E-state index >= 15 is 0 Å². The summed E-state index contributed by atoms with van der Waals surface area (Å²) >= 11 is 0. The lowest BCUT2D eigenvalue weighted by Crippen LogP contribution is -2.50. The predicted octanol–water partition coefficient (Wildman–Crippen LogP) is 2.39. The van der Waals surface area contributed by atoms with Gasteiger partial charge >= 0.3 is 5.97 Å². The van der Waals surface area contributed by atoms with E-state index in [2.05, 4.69) is 23.7 Å². The lowest BCUT2D eigenvalue weighted by atomic mass is 10.1. The van der Waals surface area contributed by atoms with E-state index in [-0.39, 0.29) is 11.9 Å². The Morgan fingerprint density at radius 1 is 1.03 bits per heavy atom. The van der Waals surface area contributed by atoms with Crippen molar-refractivity contribution < 1.29 is 19.1 Å². The van der Waals surface area contributed by atoms with Crippen LogP contribution in [0.5, 0.6) is 11.5 Å². The van der Waals surface area contributed by atoms with Crippen LogP contribution in [0.4, 0.5) is 5.69 Å². The molecule has 9 nitrogen and oxygen atoms in total. The molecule has 0 spiro atoms. The van der Waals surface area contributed by atoms with Crippen molar-refractivity contribution in [2.75, 3.05) is 33.3 Å². The minimum absolute atomic E-state index is 0.0369. The van der Waals surface area contributed by atoms with Gasteiger partial charge in [0.2, 0.25) is 5.91 Å². The van der Waals surface area contributed by atoms with Crippen molar-refractivity contribution in [2.24, 2.45) is 16.5 Å². The largest absolute Gasteiger partial charge is 0.496 e. The highest BCUT2D eigenvalue weighted by Gasteiger charge is 2.21. The SMILES string of the molecule is COc1cc(OC(=O)c2ccc(N=C(N)N)cc2)ccc1C=CC(=O)N1CCN(C(C)C)CC1. The number of ether oxygens (including phenoxy) is 2. The van der Waals surface area contributed by atoms with Gasteiger partial charge in [0.25, 0.3) is 0 Å². The topological polar surface area (TPSA) is 123 Å². The van der Waals surface area contributed by atoms with E-state index in [1.165, 1.54) is 7.11 Å². The van der Waals surface area contributed by atoms with Crippen molar-refractivity contribution in [3.63, 3.8) is 0 Å². The Hall–Kier alpha value is -3.85. The highest BCUT2D eigenvalue weighted by Crippen LogP contribution is 2.27. The fraction of sp³-hybridized carbons (Fsp3) is 0.320. The number of nitrogens with zero attached hydrogens (tertiary/aromatic N) is 3. The minimum atomic E-state index is -0.530. The highest BCUT2D eigenvalue weighted by molar-refractivity contribution is 5.93. The number of amides is 1. The zero-order chi connectivity index (χ0) is 24.7. The Morgan fingerprint density at radius 2 is 1.71 bits per heavy atom. The van der Waals surface area contributed by atoms with Gasteiger partial charge in [0.15, 0.2) is 5.96 Å². The van der Waals surface area contributed by atoms with E-state index in [0.717, 1.165) is 13.1 Å². The summed E-state index contributed by atoms with van der Waals surface area (Å²) in [5, 5.41) is 0. The molecule has 0 saturated carbocycles. The molecule has 1 aliphatic rings.